The predicted molar refractivity (Wildman–Crippen MR) is 154 cm³/mol. The highest BCUT2D eigenvalue weighted by Gasteiger charge is 2.09. The highest BCUT2D eigenvalue weighted by molar-refractivity contribution is 5.78. The Labute approximate surface area is 234 Å². The quantitative estimate of drug-likeness (QED) is 0.140. The Balaban J connectivity index is 1.52. The summed E-state index contributed by atoms with van der Waals surface area (Å²) >= 11 is 0. The van der Waals surface area contributed by atoms with Crippen molar-refractivity contribution in [2.45, 2.75) is 32.7 Å². The van der Waals surface area contributed by atoms with Crippen LogP contribution in [0, 0.1) is 5.82 Å². The number of halogens is 1. The number of nitrogens with zero attached hydrogens (tertiary/aromatic N) is 3. The minimum Gasteiger partial charge on any atom is -0.378 e. The van der Waals surface area contributed by atoms with E-state index < -0.39 is 0 Å². The standard InChI is InChI=1S/C28H39FN8O3/c1-2-3-12-32-26-35-27(33-20-22-5-4-6-23(29)18-22)37-28(36-26)34-24-9-7-21(8-10-24)19-25(38)31-13-15-40-17-16-39-14-11-30/h4-10,18H,2-3,11-17,19-20,30H2,1H3,(H,31,38)(H3,32,33,34,35,36,37). The lowest BCUT2D eigenvalue weighted by atomic mass is 10.1. The van der Waals surface area contributed by atoms with Gasteiger partial charge in [-0.1, -0.05) is 37.6 Å². The van der Waals surface area contributed by atoms with Crippen LogP contribution in [0.25, 0.3) is 0 Å². The van der Waals surface area contributed by atoms with E-state index in [0.717, 1.165) is 36.2 Å². The van der Waals surface area contributed by atoms with E-state index >= 15 is 0 Å². The van der Waals surface area contributed by atoms with E-state index in [2.05, 4.69) is 43.1 Å². The number of nitrogens with one attached hydrogen (secondary N) is 4. The van der Waals surface area contributed by atoms with E-state index in [9.17, 15) is 9.18 Å². The molecular formula is C28H39FN8O3. The fourth-order valence-electron chi connectivity index (χ4n) is 3.55. The second-order valence-electron chi connectivity index (χ2n) is 8.93. The van der Waals surface area contributed by atoms with Crippen molar-refractivity contribution in [3.05, 3.63) is 65.5 Å². The third kappa shape index (κ3) is 11.9. The molecule has 0 radical (unpaired) electrons. The maximum absolute atomic E-state index is 13.5. The molecule has 3 rings (SSSR count). The van der Waals surface area contributed by atoms with E-state index in [4.69, 9.17) is 15.2 Å². The minimum atomic E-state index is -0.297. The van der Waals surface area contributed by atoms with Crippen LogP contribution in [0.15, 0.2) is 48.5 Å². The molecular weight excluding hydrogens is 515 g/mol. The number of carbonyl (C=O) groups is 1. The van der Waals surface area contributed by atoms with Crippen molar-refractivity contribution in [1.82, 2.24) is 20.3 Å². The van der Waals surface area contributed by atoms with Gasteiger partial charge in [-0.2, -0.15) is 15.0 Å². The molecule has 0 aliphatic rings. The van der Waals surface area contributed by atoms with Crippen molar-refractivity contribution in [3.63, 3.8) is 0 Å². The SMILES string of the molecule is CCCCNc1nc(NCc2cccc(F)c2)nc(Nc2ccc(CC(=O)NCCOCCOCCN)cc2)n1. The van der Waals surface area contributed by atoms with Crippen LogP contribution >= 0.6 is 0 Å². The number of aromatic nitrogens is 3. The van der Waals surface area contributed by atoms with Crippen LogP contribution in [0.1, 0.15) is 30.9 Å². The second kappa shape index (κ2) is 17.7. The van der Waals surface area contributed by atoms with E-state index in [-0.39, 0.29) is 18.1 Å². The number of nitrogens with two attached hydrogens (primary N) is 1. The predicted octanol–water partition coefficient (Wildman–Crippen LogP) is 3.23. The minimum absolute atomic E-state index is 0.0852. The average molecular weight is 555 g/mol. The van der Waals surface area contributed by atoms with Crippen molar-refractivity contribution in [3.8, 4) is 0 Å². The summed E-state index contributed by atoms with van der Waals surface area (Å²) in [6.07, 6.45) is 2.27. The summed E-state index contributed by atoms with van der Waals surface area (Å²) < 4.78 is 24.2. The first-order chi connectivity index (χ1) is 19.6. The zero-order chi connectivity index (χ0) is 28.4. The first kappa shape index (κ1) is 30.7. The van der Waals surface area contributed by atoms with Gasteiger partial charge in [0.15, 0.2) is 0 Å². The summed E-state index contributed by atoms with van der Waals surface area (Å²) in [5, 5.41) is 12.4. The van der Waals surface area contributed by atoms with Gasteiger partial charge in [0, 0.05) is 31.9 Å². The molecule has 12 heteroatoms. The summed E-state index contributed by atoms with van der Waals surface area (Å²) in [5.41, 5.74) is 7.76. The monoisotopic (exact) mass is 554 g/mol. The topological polar surface area (TPSA) is 148 Å². The van der Waals surface area contributed by atoms with Crippen LogP contribution in [0.3, 0.4) is 0 Å². The number of hydrogen-bond donors (Lipinski definition) is 5. The van der Waals surface area contributed by atoms with Crippen molar-refractivity contribution in [2.75, 3.05) is 62.0 Å². The molecule has 2 aromatic carbocycles. The van der Waals surface area contributed by atoms with Gasteiger partial charge in [0.25, 0.3) is 0 Å². The van der Waals surface area contributed by atoms with Crippen LogP contribution in [0.5, 0.6) is 0 Å². The van der Waals surface area contributed by atoms with Gasteiger partial charge >= 0.3 is 0 Å². The molecule has 216 valence electrons. The molecule has 1 aromatic heterocycles. The Morgan fingerprint density at radius 2 is 1.60 bits per heavy atom. The molecule has 0 unspecified atom stereocenters. The molecule has 6 N–H and O–H groups in total. The zero-order valence-corrected chi connectivity index (χ0v) is 22.9. The molecule has 0 fully saturated rings. The maximum atomic E-state index is 13.5. The fourth-order valence-corrected chi connectivity index (χ4v) is 3.55. The van der Waals surface area contributed by atoms with Gasteiger partial charge in [0.1, 0.15) is 5.82 Å². The van der Waals surface area contributed by atoms with Gasteiger partial charge < -0.3 is 36.5 Å². The van der Waals surface area contributed by atoms with Gasteiger partial charge in [-0.3, -0.25) is 4.79 Å². The second-order valence-corrected chi connectivity index (χ2v) is 8.93. The maximum Gasteiger partial charge on any atom is 0.233 e. The molecule has 0 saturated heterocycles. The van der Waals surface area contributed by atoms with Crippen molar-refractivity contribution >= 4 is 29.4 Å². The lowest BCUT2D eigenvalue weighted by Gasteiger charge is -2.12. The molecule has 0 spiro atoms. The van der Waals surface area contributed by atoms with Crippen LogP contribution in [-0.2, 0) is 27.2 Å². The van der Waals surface area contributed by atoms with Gasteiger partial charge in [0.05, 0.1) is 32.8 Å². The molecule has 0 atom stereocenters. The molecule has 0 aliphatic heterocycles. The Hall–Kier alpha value is -3.87. The third-order valence-corrected chi connectivity index (χ3v) is 5.57. The van der Waals surface area contributed by atoms with Crippen molar-refractivity contribution < 1.29 is 18.7 Å². The Morgan fingerprint density at radius 1 is 0.875 bits per heavy atom. The van der Waals surface area contributed by atoms with Gasteiger partial charge in [-0.25, -0.2) is 4.39 Å². The number of carbonyl (C=O) groups excluding carboxylic acids is 1. The van der Waals surface area contributed by atoms with Crippen LogP contribution < -0.4 is 27.0 Å². The summed E-state index contributed by atoms with van der Waals surface area (Å²) in [4.78, 5) is 25.6. The number of unbranched alkanes of at least 4 members (excludes halogenated alkanes) is 1. The van der Waals surface area contributed by atoms with Crippen LogP contribution in [-0.4, -0.2) is 66.9 Å². The normalized spacial score (nSPS) is 10.8. The smallest absolute Gasteiger partial charge is 0.233 e. The summed E-state index contributed by atoms with van der Waals surface area (Å²) in [7, 11) is 0. The molecule has 3 aromatic rings. The Morgan fingerprint density at radius 3 is 2.33 bits per heavy atom. The number of amides is 1. The van der Waals surface area contributed by atoms with Crippen LogP contribution in [0.2, 0.25) is 0 Å². The summed E-state index contributed by atoms with van der Waals surface area (Å²) in [6, 6.07) is 13.8. The number of rotatable bonds is 19. The summed E-state index contributed by atoms with van der Waals surface area (Å²) in [6.45, 7) is 6.00. The first-order valence-corrected chi connectivity index (χ1v) is 13.5. The number of hydrogen-bond acceptors (Lipinski definition) is 10. The number of ether oxygens (including phenoxy) is 2. The highest BCUT2D eigenvalue weighted by atomic mass is 19.1. The fraction of sp³-hybridized carbons (Fsp3) is 0.429. The van der Waals surface area contributed by atoms with E-state index in [1.165, 1.54) is 12.1 Å². The number of benzene rings is 2. The molecule has 1 heterocycles. The number of anilines is 4. The van der Waals surface area contributed by atoms with E-state index in [0.29, 0.717) is 63.9 Å². The van der Waals surface area contributed by atoms with E-state index in [1.807, 2.05) is 30.3 Å². The first-order valence-electron chi connectivity index (χ1n) is 13.5. The van der Waals surface area contributed by atoms with Crippen LogP contribution in [0.4, 0.5) is 27.9 Å². The van der Waals surface area contributed by atoms with Crippen molar-refractivity contribution in [2.24, 2.45) is 5.73 Å². The molecule has 0 aliphatic carbocycles. The molecule has 40 heavy (non-hydrogen) atoms. The molecule has 0 saturated carbocycles. The highest BCUT2D eigenvalue weighted by Crippen LogP contribution is 2.18. The summed E-state index contributed by atoms with van der Waals surface area (Å²) in [5.74, 6) is 0.774. The molecule has 11 nitrogen and oxygen atoms in total. The Bertz CT molecular complexity index is 1170. The largest absolute Gasteiger partial charge is 0.378 e. The Kier molecular flexibility index (Phi) is 13.5. The molecule has 0 bridgehead atoms. The van der Waals surface area contributed by atoms with Crippen molar-refractivity contribution in [1.29, 1.82) is 0 Å². The van der Waals surface area contributed by atoms with E-state index in [1.54, 1.807) is 6.07 Å². The lowest BCUT2D eigenvalue weighted by molar-refractivity contribution is -0.120. The van der Waals surface area contributed by atoms with Gasteiger partial charge in [-0.05, 0) is 41.8 Å². The lowest BCUT2D eigenvalue weighted by Crippen LogP contribution is -2.29. The van der Waals surface area contributed by atoms with Gasteiger partial charge in [-0.15, -0.1) is 0 Å². The third-order valence-electron chi connectivity index (χ3n) is 5.57. The average Bonchev–Trinajstić information content (AvgIpc) is 2.95. The van der Waals surface area contributed by atoms with Gasteiger partial charge in [0.2, 0.25) is 23.8 Å². The zero-order valence-electron chi connectivity index (χ0n) is 22.9. The molecule has 1 amide bonds.